The Morgan fingerprint density at radius 1 is 1.00 bits per heavy atom. The monoisotopic (exact) mass is 328 g/mol. The molecule has 0 aliphatic rings. The van der Waals surface area contributed by atoms with E-state index in [0.29, 0.717) is 12.2 Å². The van der Waals surface area contributed by atoms with Gasteiger partial charge in [-0.15, -0.1) is 0 Å². The predicted octanol–water partition coefficient (Wildman–Crippen LogP) is 3.23. The van der Waals surface area contributed by atoms with Gasteiger partial charge in [0.25, 0.3) is 0 Å². The van der Waals surface area contributed by atoms with Gasteiger partial charge in [0.2, 0.25) is 11.8 Å². The summed E-state index contributed by atoms with van der Waals surface area (Å²) in [4.78, 5) is 27.2. The molecule has 0 fully saturated rings. The van der Waals surface area contributed by atoms with Crippen LogP contribution in [-0.4, -0.2) is 30.3 Å². The second-order valence-electron chi connectivity index (χ2n) is 5.63. The van der Waals surface area contributed by atoms with E-state index in [1.54, 1.807) is 11.9 Å². The first-order chi connectivity index (χ1) is 11.5. The van der Waals surface area contributed by atoms with Gasteiger partial charge in [0.05, 0.1) is 0 Å². The molecular weight excluding hydrogens is 307 g/mol. The van der Waals surface area contributed by atoms with Gasteiger partial charge in [0.1, 0.15) is 5.82 Å². The second kappa shape index (κ2) is 8.24. The van der Waals surface area contributed by atoms with Crippen LogP contribution in [-0.2, 0) is 16.1 Å². The van der Waals surface area contributed by atoms with Crippen LogP contribution in [0.2, 0.25) is 0 Å². The summed E-state index contributed by atoms with van der Waals surface area (Å²) < 4.78 is 13.0. The third-order valence-corrected chi connectivity index (χ3v) is 3.76. The number of nitrogens with zero attached hydrogens (tertiary/aromatic N) is 2. The molecule has 0 N–H and O–H groups in total. The lowest BCUT2D eigenvalue weighted by atomic mass is 10.2. The van der Waals surface area contributed by atoms with Gasteiger partial charge in [-0.3, -0.25) is 9.59 Å². The molecule has 2 aromatic carbocycles. The molecule has 4 nitrogen and oxygen atoms in total. The standard InChI is InChI=1S/C19H21FN2O2/c1-15(23)22(18-10-8-17(20)9-11-18)13-12-19(24)21(2)14-16-6-4-3-5-7-16/h3-11H,12-14H2,1-2H3. The lowest BCUT2D eigenvalue weighted by molar-refractivity contribution is -0.130. The molecule has 0 aliphatic heterocycles. The Bertz CT molecular complexity index is 686. The Hall–Kier alpha value is -2.69. The van der Waals surface area contributed by atoms with E-state index < -0.39 is 0 Å². The highest BCUT2D eigenvalue weighted by atomic mass is 19.1. The fourth-order valence-electron chi connectivity index (χ4n) is 2.43. The van der Waals surface area contributed by atoms with Crippen LogP contribution in [0, 0.1) is 5.82 Å². The first kappa shape index (κ1) is 17.7. The van der Waals surface area contributed by atoms with Crippen molar-refractivity contribution < 1.29 is 14.0 Å². The Balaban J connectivity index is 1.94. The molecular formula is C19H21FN2O2. The van der Waals surface area contributed by atoms with Crippen molar-refractivity contribution >= 4 is 17.5 Å². The Kier molecular flexibility index (Phi) is 6.07. The van der Waals surface area contributed by atoms with E-state index in [0.717, 1.165) is 5.56 Å². The molecule has 2 amide bonds. The van der Waals surface area contributed by atoms with Crippen LogP contribution in [0.15, 0.2) is 54.6 Å². The van der Waals surface area contributed by atoms with E-state index in [4.69, 9.17) is 0 Å². The molecule has 0 atom stereocenters. The Labute approximate surface area is 141 Å². The van der Waals surface area contributed by atoms with Crippen molar-refractivity contribution in [3.05, 3.63) is 66.0 Å². The number of anilines is 1. The summed E-state index contributed by atoms with van der Waals surface area (Å²) in [7, 11) is 1.74. The smallest absolute Gasteiger partial charge is 0.224 e. The van der Waals surface area contributed by atoms with Crippen LogP contribution < -0.4 is 4.90 Å². The van der Waals surface area contributed by atoms with Gasteiger partial charge >= 0.3 is 0 Å². The first-order valence-electron chi connectivity index (χ1n) is 7.79. The average Bonchev–Trinajstić information content (AvgIpc) is 2.57. The zero-order chi connectivity index (χ0) is 17.5. The highest BCUT2D eigenvalue weighted by Gasteiger charge is 2.15. The molecule has 0 radical (unpaired) electrons. The molecule has 0 saturated carbocycles. The van der Waals surface area contributed by atoms with E-state index in [9.17, 15) is 14.0 Å². The van der Waals surface area contributed by atoms with E-state index in [1.807, 2.05) is 30.3 Å². The van der Waals surface area contributed by atoms with Crippen LogP contribution in [0.4, 0.5) is 10.1 Å². The van der Waals surface area contributed by atoms with Gasteiger partial charge in [0, 0.05) is 39.2 Å². The number of halogens is 1. The minimum atomic E-state index is -0.360. The summed E-state index contributed by atoms with van der Waals surface area (Å²) in [5, 5.41) is 0. The lowest BCUT2D eigenvalue weighted by Crippen LogP contribution is -2.34. The molecule has 24 heavy (non-hydrogen) atoms. The van der Waals surface area contributed by atoms with E-state index in [1.165, 1.54) is 36.1 Å². The van der Waals surface area contributed by atoms with Crippen LogP contribution in [0.5, 0.6) is 0 Å². The first-order valence-corrected chi connectivity index (χ1v) is 7.79. The largest absolute Gasteiger partial charge is 0.341 e. The minimum Gasteiger partial charge on any atom is -0.341 e. The van der Waals surface area contributed by atoms with E-state index in [2.05, 4.69) is 0 Å². The maximum Gasteiger partial charge on any atom is 0.224 e. The number of rotatable bonds is 6. The summed E-state index contributed by atoms with van der Waals surface area (Å²) in [6, 6.07) is 15.4. The number of carbonyl (C=O) groups excluding carboxylic acids is 2. The summed E-state index contributed by atoms with van der Waals surface area (Å²) in [5.41, 5.74) is 1.64. The highest BCUT2D eigenvalue weighted by Crippen LogP contribution is 2.16. The van der Waals surface area contributed by atoms with E-state index in [-0.39, 0.29) is 30.6 Å². The molecule has 0 spiro atoms. The lowest BCUT2D eigenvalue weighted by Gasteiger charge is -2.23. The van der Waals surface area contributed by atoms with Crippen molar-refractivity contribution in [3.8, 4) is 0 Å². The van der Waals surface area contributed by atoms with Crippen LogP contribution in [0.1, 0.15) is 18.9 Å². The minimum absolute atomic E-state index is 0.0489. The van der Waals surface area contributed by atoms with Gasteiger partial charge in [0.15, 0.2) is 0 Å². The molecule has 126 valence electrons. The number of amides is 2. The topological polar surface area (TPSA) is 40.6 Å². The second-order valence-corrected chi connectivity index (χ2v) is 5.63. The number of hydrogen-bond acceptors (Lipinski definition) is 2. The van der Waals surface area contributed by atoms with Gasteiger partial charge < -0.3 is 9.80 Å². The molecule has 5 heteroatoms. The van der Waals surface area contributed by atoms with Crippen LogP contribution in [0.3, 0.4) is 0 Å². The molecule has 0 unspecified atom stereocenters. The predicted molar refractivity (Wildman–Crippen MR) is 92.0 cm³/mol. The average molecular weight is 328 g/mol. The molecule has 0 aromatic heterocycles. The van der Waals surface area contributed by atoms with Crippen molar-refractivity contribution in [1.29, 1.82) is 0 Å². The number of hydrogen-bond donors (Lipinski definition) is 0. The fraction of sp³-hybridized carbons (Fsp3) is 0.263. The Morgan fingerprint density at radius 2 is 1.62 bits per heavy atom. The van der Waals surface area contributed by atoms with Crippen molar-refractivity contribution in [2.45, 2.75) is 19.9 Å². The summed E-state index contributed by atoms with van der Waals surface area (Å²) >= 11 is 0. The maximum absolute atomic E-state index is 13.0. The van der Waals surface area contributed by atoms with E-state index >= 15 is 0 Å². The number of benzene rings is 2. The Morgan fingerprint density at radius 3 is 2.21 bits per heavy atom. The summed E-state index contributed by atoms with van der Waals surface area (Å²) in [6.07, 6.45) is 0.209. The molecule has 2 rings (SSSR count). The summed E-state index contributed by atoms with van der Waals surface area (Å²) in [5.74, 6) is -0.590. The van der Waals surface area contributed by atoms with Crippen molar-refractivity contribution in [2.24, 2.45) is 0 Å². The molecule has 0 saturated heterocycles. The summed E-state index contributed by atoms with van der Waals surface area (Å²) in [6.45, 7) is 2.22. The highest BCUT2D eigenvalue weighted by molar-refractivity contribution is 5.92. The number of carbonyl (C=O) groups is 2. The van der Waals surface area contributed by atoms with Gasteiger partial charge in [-0.2, -0.15) is 0 Å². The molecule has 0 heterocycles. The van der Waals surface area contributed by atoms with Crippen molar-refractivity contribution in [3.63, 3.8) is 0 Å². The van der Waals surface area contributed by atoms with Crippen LogP contribution >= 0.6 is 0 Å². The SMILES string of the molecule is CC(=O)N(CCC(=O)N(C)Cc1ccccc1)c1ccc(F)cc1. The van der Waals surface area contributed by atoms with Crippen LogP contribution in [0.25, 0.3) is 0 Å². The molecule has 0 bridgehead atoms. The van der Waals surface area contributed by atoms with Crippen molar-refractivity contribution in [1.82, 2.24) is 4.90 Å². The normalized spacial score (nSPS) is 10.3. The fourth-order valence-corrected chi connectivity index (χ4v) is 2.43. The van der Waals surface area contributed by atoms with Crippen molar-refractivity contribution in [2.75, 3.05) is 18.5 Å². The third-order valence-electron chi connectivity index (χ3n) is 3.76. The molecule has 2 aromatic rings. The maximum atomic E-state index is 13.0. The van der Waals surface area contributed by atoms with Gasteiger partial charge in [-0.05, 0) is 29.8 Å². The van der Waals surface area contributed by atoms with Gasteiger partial charge in [-0.1, -0.05) is 30.3 Å². The quantitative estimate of drug-likeness (QED) is 0.817. The zero-order valence-corrected chi connectivity index (χ0v) is 13.9. The molecule has 0 aliphatic carbocycles. The third kappa shape index (κ3) is 4.91. The zero-order valence-electron chi connectivity index (χ0n) is 13.9. The van der Waals surface area contributed by atoms with Gasteiger partial charge in [-0.25, -0.2) is 4.39 Å².